The third-order valence-electron chi connectivity index (χ3n) is 4.47. The zero-order valence-corrected chi connectivity index (χ0v) is 15.8. The van der Waals surface area contributed by atoms with Crippen LogP contribution in [0.1, 0.15) is 25.7 Å². The quantitative estimate of drug-likeness (QED) is 0.838. The van der Waals surface area contributed by atoms with Crippen LogP contribution in [0.2, 0.25) is 5.02 Å². The number of hydrogen-bond donors (Lipinski definition) is 1. The Bertz CT molecular complexity index is 854. The van der Waals surface area contributed by atoms with Crippen molar-refractivity contribution in [2.75, 3.05) is 11.9 Å². The summed E-state index contributed by atoms with van der Waals surface area (Å²) in [5.41, 5.74) is 0.646. The molecule has 3 rings (SSSR count). The van der Waals surface area contributed by atoms with Crippen LogP contribution in [0.15, 0.2) is 59.5 Å². The normalized spacial score (nSPS) is 18.4. The number of nitrogens with one attached hydrogen (secondary N) is 1. The first kappa shape index (κ1) is 18.9. The van der Waals surface area contributed by atoms with E-state index in [0.29, 0.717) is 23.7 Å². The number of sulfonamides is 1. The van der Waals surface area contributed by atoms with Crippen molar-refractivity contribution in [1.29, 1.82) is 0 Å². The fraction of sp³-hybridized carbons (Fsp3) is 0.316. The van der Waals surface area contributed by atoms with Crippen molar-refractivity contribution in [2.45, 2.75) is 36.6 Å². The molecule has 1 atom stereocenters. The third-order valence-corrected chi connectivity index (χ3v) is 6.69. The van der Waals surface area contributed by atoms with E-state index in [9.17, 15) is 13.2 Å². The van der Waals surface area contributed by atoms with Crippen LogP contribution in [0.5, 0.6) is 0 Å². The van der Waals surface area contributed by atoms with Gasteiger partial charge in [0.25, 0.3) is 0 Å². The molecule has 26 heavy (non-hydrogen) atoms. The van der Waals surface area contributed by atoms with Gasteiger partial charge >= 0.3 is 0 Å². The second-order valence-corrected chi connectivity index (χ2v) is 8.66. The number of carbonyl (C=O) groups is 1. The zero-order valence-electron chi connectivity index (χ0n) is 14.3. The Morgan fingerprint density at radius 3 is 2.46 bits per heavy atom. The smallest absolute Gasteiger partial charge is 0.243 e. The third kappa shape index (κ3) is 4.44. The van der Waals surface area contributed by atoms with E-state index < -0.39 is 10.0 Å². The number of nitrogens with zero attached hydrogens (tertiary/aromatic N) is 1. The van der Waals surface area contributed by atoms with E-state index in [4.69, 9.17) is 11.6 Å². The van der Waals surface area contributed by atoms with Crippen molar-refractivity contribution >= 4 is 33.2 Å². The van der Waals surface area contributed by atoms with Crippen LogP contribution >= 0.6 is 11.6 Å². The highest BCUT2D eigenvalue weighted by molar-refractivity contribution is 7.89. The van der Waals surface area contributed by atoms with E-state index in [-0.39, 0.29) is 23.3 Å². The largest absolute Gasteiger partial charge is 0.326 e. The van der Waals surface area contributed by atoms with Crippen molar-refractivity contribution in [3.8, 4) is 0 Å². The maximum atomic E-state index is 13.0. The molecule has 2 aromatic carbocycles. The highest BCUT2D eigenvalue weighted by atomic mass is 35.5. The first-order valence-corrected chi connectivity index (χ1v) is 10.4. The van der Waals surface area contributed by atoms with E-state index in [0.717, 1.165) is 12.8 Å². The second kappa shape index (κ2) is 8.20. The molecule has 1 N–H and O–H groups in total. The summed E-state index contributed by atoms with van der Waals surface area (Å²) in [6.07, 6.45) is 2.54. The van der Waals surface area contributed by atoms with Crippen LogP contribution in [0.25, 0.3) is 0 Å². The maximum absolute atomic E-state index is 13.0. The van der Waals surface area contributed by atoms with Gasteiger partial charge in [0.05, 0.1) is 4.90 Å². The molecule has 0 saturated carbocycles. The van der Waals surface area contributed by atoms with Crippen molar-refractivity contribution in [1.82, 2.24) is 4.31 Å². The summed E-state index contributed by atoms with van der Waals surface area (Å²) in [5, 5.41) is 3.40. The molecule has 0 aliphatic carbocycles. The van der Waals surface area contributed by atoms with E-state index in [1.807, 2.05) is 0 Å². The molecule has 0 radical (unpaired) electrons. The number of piperidine rings is 1. The average Bonchev–Trinajstić information content (AvgIpc) is 2.64. The Hall–Kier alpha value is -1.89. The van der Waals surface area contributed by atoms with Gasteiger partial charge in [-0.05, 0) is 49.2 Å². The van der Waals surface area contributed by atoms with Gasteiger partial charge in [0.2, 0.25) is 15.9 Å². The molecule has 7 heteroatoms. The number of benzene rings is 2. The van der Waals surface area contributed by atoms with Crippen LogP contribution in [0.3, 0.4) is 0 Å². The first-order chi connectivity index (χ1) is 12.5. The Kier molecular flexibility index (Phi) is 5.96. The fourth-order valence-electron chi connectivity index (χ4n) is 3.18. The molecule has 1 aliphatic rings. The second-order valence-electron chi connectivity index (χ2n) is 6.34. The first-order valence-electron chi connectivity index (χ1n) is 8.59. The molecule has 1 amide bonds. The van der Waals surface area contributed by atoms with E-state index in [2.05, 4.69) is 5.32 Å². The Morgan fingerprint density at radius 2 is 1.77 bits per heavy atom. The molecule has 0 aromatic heterocycles. The van der Waals surface area contributed by atoms with Crippen LogP contribution in [0.4, 0.5) is 5.69 Å². The van der Waals surface area contributed by atoms with Crippen LogP contribution in [-0.4, -0.2) is 31.2 Å². The molecule has 2 aromatic rings. The molecule has 1 aliphatic heterocycles. The summed E-state index contributed by atoms with van der Waals surface area (Å²) in [6, 6.07) is 14.9. The molecular formula is C19H21ClN2O3S. The number of rotatable bonds is 5. The van der Waals surface area contributed by atoms with Crippen molar-refractivity contribution in [2.24, 2.45) is 0 Å². The molecule has 1 heterocycles. The van der Waals surface area contributed by atoms with Crippen molar-refractivity contribution in [3.05, 3.63) is 59.6 Å². The molecule has 1 saturated heterocycles. The van der Waals surface area contributed by atoms with Gasteiger partial charge in [-0.15, -0.1) is 0 Å². The lowest BCUT2D eigenvalue weighted by molar-refractivity contribution is -0.117. The van der Waals surface area contributed by atoms with Gasteiger partial charge < -0.3 is 5.32 Å². The summed E-state index contributed by atoms with van der Waals surface area (Å²) in [5.74, 6) is -0.201. The molecule has 1 unspecified atom stereocenters. The molecular weight excluding hydrogens is 372 g/mol. The number of hydrogen-bond acceptors (Lipinski definition) is 3. The van der Waals surface area contributed by atoms with Crippen molar-refractivity contribution < 1.29 is 13.2 Å². The average molecular weight is 393 g/mol. The molecule has 0 bridgehead atoms. The molecule has 0 spiro atoms. The minimum Gasteiger partial charge on any atom is -0.326 e. The van der Waals surface area contributed by atoms with Gasteiger partial charge in [-0.2, -0.15) is 4.31 Å². The van der Waals surface area contributed by atoms with Gasteiger partial charge in [0.15, 0.2) is 0 Å². The van der Waals surface area contributed by atoms with Gasteiger partial charge in [-0.25, -0.2) is 8.42 Å². The lowest BCUT2D eigenvalue weighted by atomic mass is 10.0. The number of anilines is 1. The number of halogens is 1. The highest BCUT2D eigenvalue weighted by Gasteiger charge is 2.34. The van der Waals surface area contributed by atoms with Gasteiger partial charge in [0.1, 0.15) is 0 Å². The lowest BCUT2D eigenvalue weighted by Crippen LogP contribution is -2.45. The topological polar surface area (TPSA) is 66.5 Å². The molecule has 138 valence electrons. The highest BCUT2D eigenvalue weighted by Crippen LogP contribution is 2.27. The molecule has 1 fully saturated rings. The predicted octanol–water partition coefficient (Wildman–Crippen LogP) is 3.91. The number of carbonyl (C=O) groups excluding carboxylic acids is 1. The van der Waals surface area contributed by atoms with E-state index in [1.54, 1.807) is 54.6 Å². The lowest BCUT2D eigenvalue weighted by Gasteiger charge is -2.34. The van der Waals surface area contributed by atoms with E-state index >= 15 is 0 Å². The van der Waals surface area contributed by atoms with Crippen molar-refractivity contribution in [3.63, 3.8) is 0 Å². The fourth-order valence-corrected chi connectivity index (χ4v) is 5.02. The summed E-state index contributed by atoms with van der Waals surface area (Å²) in [7, 11) is -3.60. The monoisotopic (exact) mass is 392 g/mol. The zero-order chi connectivity index (χ0) is 18.6. The number of amides is 1. The van der Waals surface area contributed by atoms with Gasteiger partial charge in [-0.3, -0.25) is 4.79 Å². The Morgan fingerprint density at radius 1 is 1.08 bits per heavy atom. The minimum absolute atomic E-state index is 0.134. The van der Waals surface area contributed by atoms with Crippen LogP contribution < -0.4 is 5.32 Å². The van der Waals surface area contributed by atoms with Gasteiger partial charge in [-0.1, -0.05) is 36.2 Å². The predicted molar refractivity (Wildman–Crippen MR) is 103 cm³/mol. The minimum atomic E-state index is -3.60. The summed E-state index contributed by atoms with van der Waals surface area (Å²) in [6.45, 7) is 0.441. The van der Waals surface area contributed by atoms with Crippen LogP contribution in [0, 0.1) is 0 Å². The standard InChI is InChI=1S/C19H21ClN2O3S/c20-15-9-11-16(12-10-15)21-19(23)14-17-6-4-5-13-22(17)26(24,25)18-7-2-1-3-8-18/h1-3,7-12,17H,4-6,13-14H2,(H,21,23). The SMILES string of the molecule is O=C(CC1CCCCN1S(=O)(=O)c1ccccc1)Nc1ccc(Cl)cc1. The summed E-state index contributed by atoms with van der Waals surface area (Å²) in [4.78, 5) is 12.7. The van der Waals surface area contributed by atoms with Gasteiger partial charge in [0, 0.05) is 29.7 Å². The van der Waals surface area contributed by atoms with E-state index in [1.165, 1.54) is 4.31 Å². The summed E-state index contributed by atoms with van der Waals surface area (Å²) >= 11 is 5.85. The molecule has 5 nitrogen and oxygen atoms in total. The summed E-state index contributed by atoms with van der Waals surface area (Å²) < 4.78 is 27.4. The Balaban J connectivity index is 1.72. The maximum Gasteiger partial charge on any atom is 0.243 e. The van der Waals surface area contributed by atoms with Crippen LogP contribution in [-0.2, 0) is 14.8 Å². The Labute approximate surface area is 159 Å².